The van der Waals surface area contributed by atoms with E-state index < -0.39 is 0 Å². The van der Waals surface area contributed by atoms with Crippen molar-refractivity contribution in [1.29, 1.82) is 0 Å². The monoisotopic (exact) mass is 346 g/mol. The van der Waals surface area contributed by atoms with Gasteiger partial charge in [-0.1, -0.05) is 17.7 Å². The smallest absolute Gasteiger partial charge is 0.0703 e. The molecule has 3 nitrogen and oxygen atoms in total. The number of hydrogen-bond acceptors (Lipinski definition) is 3. The molecule has 5 heteroatoms. The summed E-state index contributed by atoms with van der Waals surface area (Å²) >= 11 is 9.59. The second-order valence-electron chi connectivity index (χ2n) is 5.02. The van der Waals surface area contributed by atoms with Gasteiger partial charge in [-0.15, -0.1) is 0 Å². The third-order valence-electron chi connectivity index (χ3n) is 3.90. The Morgan fingerprint density at radius 3 is 2.84 bits per heavy atom. The molecular formula is C14H20BrClN2O. The summed E-state index contributed by atoms with van der Waals surface area (Å²) in [5.74, 6) is 0. The van der Waals surface area contributed by atoms with Crippen LogP contribution in [0.5, 0.6) is 0 Å². The molecule has 19 heavy (non-hydrogen) atoms. The average molecular weight is 348 g/mol. The molecular weight excluding hydrogens is 328 g/mol. The largest absolute Gasteiger partial charge is 0.377 e. The Hall–Kier alpha value is -0.130. The van der Waals surface area contributed by atoms with Crippen molar-refractivity contribution in [1.82, 2.24) is 4.90 Å². The third-order valence-corrected chi connectivity index (χ3v) is 5.14. The molecule has 1 saturated heterocycles. The van der Waals surface area contributed by atoms with Crippen LogP contribution in [0, 0.1) is 0 Å². The van der Waals surface area contributed by atoms with E-state index in [4.69, 9.17) is 22.1 Å². The summed E-state index contributed by atoms with van der Waals surface area (Å²) in [5, 5.41) is 0.722. The lowest BCUT2D eigenvalue weighted by Crippen LogP contribution is -2.42. The fourth-order valence-corrected chi connectivity index (χ4v) is 3.18. The van der Waals surface area contributed by atoms with Crippen molar-refractivity contribution >= 4 is 27.5 Å². The van der Waals surface area contributed by atoms with Gasteiger partial charge in [0.15, 0.2) is 0 Å². The Morgan fingerprint density at radius 1 is 1.58 bits per heavy atom. The predicted molar refractivity (Wildman–Crippen MR) is 82.5 cm³/mol. The van der Waals surface area contributed by atoms with Crippen LogP contribution in [0.4, 0.5) is 0 Å². The quantitative estimate of drug-likeness (QED) is 0.909. The molecule has 3 unspecified atom stereocenters. The summed E-state index contributed by atoms with van der Waals surface area (Å²) in [6.07, 6.45) is 1.31. The van der Waals surface area contributed by atoms with Crippen molar-refractivity contribution in [3.63, 3.8) is 0 Å². The predicted octanol–water partition coefficient (Wildman–Crippen LogP) is 3.21. The Bertz CT molecular complexity index is 443. The summed E-state index contributed by atoms with van der Waals surface area (Å²) < 4.78 is 6.55. The maximum Gasteiger partial charge on any atom is 0.0703 e. The van der Waals surface area contributed by atoms with E-state index >= 15 is 0 Å². The normalized spacial score (nSPS) is 24.9. The summed E-state index contributed by atoms with van der Waals surface area (Å²) in [5.41, 5.74) is 7.12. The fourth-order valence-electron chi connectivity index (χ4n) is 2.74. The van der Waals surface area contributed by atoms with E-state index in [1.54, 1.807) is 0 Å². The highest BCUT2D eigenvalue weighted by Crippen LogP contribution is 2.31. The molecule has 1 aromatic carbocycles. The summed E-state index contributed by atoms with van der Waals surface area (Å²) in [6.45, 7) is 3.52. The minimum atomic E-state index is 0.166. The first-order chi connectivity index (χ1) is 9.04. The number of nitrogens with two attached hydrogens (primary N) is 1. The van der Waals surface area contributed by atoms with Gasteiger partial charge in [0.25, 0.3) is 0 Å². The van der Waals surface area contributed by atoms with Crippen LogP contribution in [0.25, 0.3) is 0 Å². The number of hydrogen-bond donors (Lipinski definition) is 1. The van der Waals surface area contributed by atoms with Crippen LogP contribution < -0.4 is 5.73 Å². The fraction of sp³-hybridized carbons (Fsp3) is 0.571. The van der Waals surface area contributed by atoms with Crippen LogP contribution in [0.1, 0.15) is 24.9 Å². The highest BCUT2D eigenvalue weighted by molar-refractivity contribution is 9.10. The van der Waals surface area contributed by atoms with Gasteiger partial charge in [0.05, 0.1) is 11.1 Å². The maximum absolute atomic E-state index is 6.18. The van der Waals surface area contributed by atoms with E-state index in [1.807, 2.05) is 12.1 Å². The van der Waals surface area contributed by atoms with Gasteiger partial charge in [0.2, 0.25) is 0 Å². The van der Waals surface area contributed by atoms with E-state index in [9.17, 15) is 0 Å². The topological polar surface area (TPSA) is 38.5 Å². The van der Waals surface area contributed by atoms with Gasteiger partial charge < -0.3 is 10.5 Å². The molecule has 0 aromatic heterocycles. The van der Waals surface area contributed by atoms with E-state index in [0.717, 1.165) is 28.1 Å². The van der Waals surface area contributed by atoms with Gasteiger partial charge in [-0.25, -0.2) is 0 Å². The maximum atomic E-state index is 6.18. The standard InChI is InChI=1S/C14H20BrClN2O/c1-9-13(5-6-19-9)18(2)14(8-17)10-3-4-11(15)12(16)7-10/h3-4,7,9,13-14H,5-6,8,17H2,1-2H3. The number of rotatable bonds is 4. The van der Waals surface area contributed by atoms with Crippen molar-refractivity contribution in [2.75, 3.05) is 20.2 Å². The van der Waals surface area contributed by atoms with Crippen molar-refractivity contribution in [2.45, 2.75) is 31.5 Å². The molecule has 3 atom stereocenters. The van der Waals surface area contributed by atoms with Crippen LogP contribution in [0.3, 0.4) is 0 Å². The third kappa shape index (κ3) is 3.31. The molecule has 0 saturated carbocycles. The first kappa shape index (κ1) is 15.3. The number of likely N-dealkylation sites (N-methyl/N-ethyl adjacent to an activating group) is 1. The van der Waals surface area contributed by atoms with Crippen LogP contribution in [0.2, 0.25) is 5.02 Å². The molecule has 1 aliphatic rings. The minimum Gasteiger partial charge on any atom is -0.377 e. The summed E-state index contributed by atoms with van der Waals surface area (Å²) in [6, 6.07) is 6.61. The molecule has 0 radical (unpaired) electrons. The lowest BCUT2D eigenvalue weighted by atomic mass is 10.0. The molecule has 1 fully saturated rings. The van der Waals surface area contributed by atoms with E-state index in [2.05, 4.69) is 40.9 Å². The molecule has 106 valence electrons. The first-order valence-corrected chi connectivity index (χ1v) is 7.70. The van der Waals surface area contributed by atoms with Gasteiger partial charge in [-0.3, -0.25) is 4.90 Å². The number of nitrogens with zero attached hydrogens (tertiary/aromatic N) is 1. The minimum absolute atomic E-state index is 0.166. The summed E-state index contributed by atoms with van der Waals surface area (Å²) in [7, 11) is 2.11. The van der Waals surface area contributed by atoms with Crippen LogP contribution >= 0.6 is 27.5 Å². The van der Waals surface area contributed by atoms with Gasteiger partial charge in [-0.2, -0.15) is 0 Å². The van der Waals surface area contributed by atoms with Gasteiger partial charge in [0, 0.05) is 29.7 Å². The molecule has 0 amide bonds. The van der Waals surface area contributed by atoms with Crippen molar-refractivity contribution in [2.24, 2.45) is 5.73 Å². The lowest BCUT2D eigenvalue weighted by Gasteiger charge is -2.34. The molecule has 2 N–H and O–H groups in total. The van der Waals surface area contributed by atoms with Crippen molar-refractivity contribution in [3.8, 4) is 0 Å². The molecule has 0 bridgehead atoms. The number of ether oxygens (including phenoxy) is 1. The highest BCUT2D eigenvalue weighted by atomic mass is 79.9. The second-order valence-corrected chi connectivity index (χ2v) is 6.28. The highest BCUT2D eigenvalue weighted by Gasteiger charge is 2.31. The SMILES string of the molecule is CC1OCCC1N(C)C(CN)c1ccc(Br)c(Cl)c1. The van der Waals surface area contributed by atoms with Crippen LogP contribution in [-0.4, -0.2) is 37.2 Å². The summed E-state index contributed by atoms with van der Waals surface area (Å²) in [4.78, 5) is 2.32. The van der Waals surface area contributed by atoms with Gasteiger partial charge in [-0.05, 0) is 54.0 Å². The zero-order chi connectivity index (χ0) is 14.0. The van der Waals surface area contributed by atoms with E-state index in [-0.39, 0.29) is 12.1 Å². The molecule has 1 heterocycles. The molecule has 0 spiro atoms. The van der Waals surface area contributed by atoms with E-state index in [1.165, 1.54) is 0 Å². The Balaban J connectivity index is 2.20. The van der Waals surface area contributed by atoms with Crippen LogP contribution in [0.15, 0.2) is 22.7 Å². The Morgan fingerprint density at radius 2 is 2.32 bits per heavy atom. The van der Waals surface area contributed by atoms with E-state index in [0.29, 0.717) is 12.6 Å². The second kappa shape index (κ2) is 6.55. The zero-order valence-electron chi connectivity index (χ0n) is 11.3. The molecule has 1 aromatic rings. The number of benzene rings is 1. The zero-order valence-corrected chi connectivity index (χ0v) is 13.6. The van der Waals surface area contributed by atoms with Gasteiger partial charge in [0.1, 0.15) is 0 Å². The first-order valence-electron chi connectivity index (χ1n) is 6.53. The molecule has 1 aliphatic heterocycles. The van der Waals surface area contributed by atoms with Crippen molar-refractivity contribution < 1.29 is 4.74 Å². The molecule has 2 rings (SSSR count). The number of halogens is 2. The Kier molecular flexibility index (Phi) is 5.26. The Labute approximate surface area is 128 Å². The van der Waals surface area contributed by atoms with Gasteiger partial charge >= 0.3 is 0 Å². The lowest BCUT2D eigenvalue weighted by molar-refractivity contribution is 0.0686. The van der Waals surface area contributed by atoms with Crippen molar-refractivity contribution in [3.05, 3.63) is 33.3 Å². The van der Waals surface area contributed by atoms with Crippen LogP contribution in [-0.2, 0) is 4.74 Å². The molecule has 0 aliphatic carbocycles. The average Bonchev–Trinajstić information content (AvgIpc) is 2.80.